The number of carbonyl (C=O) groups excluding carboxylic acids is 2. The third-order valence-corrected chi connectivity index (χ3v) is 3.89. The van der Waals surface area contributed by atoms with Gasteiger partial charge in [0, 0.05) is 18.2 Å². The Hall–Kier alpha value is -3.23. The van der Waals surface area contributed by atoms with Crippen LogP contribution in [-0.4, -0.2) is 32.7 Å². The SMILES string of the molecule is COc1cc(CCC(=O)OCC(=O)Nc2ccc(C(F)(F)F)cc2)cc(OC)c1. The lowest BCUT2D eigenvalue weighted by Gasteiger charge is -2.10. The van der Waals surface area contributed by atoms with Crippen LogP contribution in [0.5, 0.6) is 11.5 Å². The molecule has 0 bridgehead atoms. The molecule has 156 valence electrons. The predicted molar refractivity (Wildman–Crippen MR) is 98.9 cm³/mol. The van der Waals surface area contributed by atoms with Gasteiger partial charge in [0.15, 0.2) is 6.61 Å². The lowest BCUT2D eigenvalue weighted by atomic mass is 10.1. The second-order valence-corrected chi connectivity index (χ2v) is 6.00. The van der Waals surface area contributed by atoms with E-state index in [0.717, 1.165) is 29.8 Å². The number of methoxy groups -OCH3 is 2. The number of ether oxygens (including phenoxy) is 3. The molecule has 29 heavy (non-hydrogen) atoms. The van der Waals surface area contributed by atoms with Crippen LogP contribution in [-0.2, 0) is 26.9 Å². The summed E-state index contributed by atoms with van der Waals surface area (Å²) in [6, 6.07) is 9.17. The molecular weight excluding hydrogens is 391 g/mol. The topological polar surface area (TPSA) is 73.9 Å². The van der Waals surface area contributed by atoms with E-state index in [9.17, 15) is 22.8 Å². The highest BCUT2D eigenvalue weighted by atomic mass is 19.4. The summed E-state index contributed by atoms with van der Waals surface area (Å²) in [6.45, 7) is -0.540. The minimum absolute atomic E-state index is 0.0316. The zero-order valence-electron chi connectivity index (χ0n) is 15.8. The van der Waals surface area contributed by atoms with Gasteiger partial charge in [0.1, 0.15) is 11.5 Å². The summed E-state index contributed by atoms with van der Waals surface area (Å²) in [5.74, 6) is -0.0669. The van der Waals surface area contributed by atoms with Crippen molar-refractivity contribution in [2.45, 2.75) is 19.0 Å². The van der Waals surface area contributed by atoms with Crippen molar-refractivity contribution < 1.29 is 37.0 Å². The van der Waals surface area contributed by atoms with Gasteiger partial charge < -0.3 is 19.5 Å². The number of hydrogen-bond acceptors (Lipinski definition) is 5. The standard InChI is InChI=1S/C20H20F3NO5/c1-27-16-9-13(10-17(11-16)28-2)3-8-19(26)29-12-18(25)24-15-6-4-14(5-7-15)20(21,22)23/h4-7,9-11H,3,8,12H2,1-2H3,(H,24,25). The predicted octanol–water partition coefficient (Wildman–Crippen LogP) is 3.84. The number of rotatable bonds is 8. The van der Waals surface area contributed by atoms with Gasteiger partial charge in [-0.05, 0) is 48.4 Å². The first-order chi connectivity index (χ1) is 13.7. The Kier molecular flexibility index (Phi) is 7.46. The number of benzene rings is 2. The molecule has 0 fully saturated rings. The van der Waals surface area contributed by atoms with Gasteiger partial charge in [-0.15, -0.1) is 0 Å². The van der Waals surface area contributed by atoms with Crippen LogP contribution in [0.15, 0.2) is 42.5 Å². The van der Waals surface area contributed by atoms with E-state index in [-0.39, 0.29) is 12.1 Å². The summed E-state index contributed by atoms with van der Waals surface area (Å²) in [5, 5.41) is 2.36. The molecule has 0 heterocycles. The summed E-state index contributed by atoms with van der Waals surface area (Å²) < 4.78 is 52.7. The lowest BCUT2D eigenvalue weighted by molar-refractivity contribution is -0.147. The third kappa shape index (κ3) is 7.02. The number of nitrogens with one attached hydrogen (secondary N) is 1. The van der Waals surface area contributed by atoms with Crippen LogP contribution in [0, 0.1) is 0 Å². The Labute approximate surface area is 165 Å². The number of carbonyl (C=O) groups is 2. The number of alkyl halides is 3. The molecular formula is C20H20F3NO5. The molecule has 0 aromatic heterocycles. The van der Waals surface area contributed by atoms with Gasteiger partial charge in [-0.3, -0.25) is 9.59 Å². The number of anilines is 1. The molecule has 2 rings (SSSR count). The van der Waals surface area contributed by atoms with Crippen LogP contribution in [0.2, 0.25) is 0 Å². The van der Waals surface area contributed by atoms with Gasteiger partial charge in [0.25, 0.3) is 5.91 Å². The quantitative estimate of drug-likeness (QED) is 0.669. The highest BCUT2D eigenvalue weighted by Gasteiger charge is 2.30. The largest absolute Gasteiger partial charge is 0.497 e. The average Bonchev–Trinajstić information content (AvgIpc) is 2.70. The molecule has 0 aliphatic heterocycles. The summed E-state index contributed by atoms with van der Waals surface area (Å²) in [4.78, 5) is 23.6. The molecule has 1 N–H and O–H groups in total. The summed E-state index contributed by atoms with van der Waals surface area (Å²) >= 11 is 0. The fraction of sp³-hybridized carbons (Fsp3) is 0.300. The Morgan fingerprint density at radius 1 is 0.966 bits per heavy atom. The molecule has 0 radical (unpaired) electrons. The van der Waals surface area contributed by atoms with Gasteiger partial charge in [-0.2, -0.15) is 13.2 Å². The summed E-state index contributed by atoms with van der Waals surface area (Å²) in [5.41, 5.74) is 0.144. The second-order valence-electron chi connectivity index (χ2n) is 6.00. The number of hydrogen-bond donors (Lipinski definition) is 1. The van der Waals surface area contributed by atoms with E-state index in [1.807, 2.05) is 0 Å². The zero-order valence-corrected chi connectivity index (χ0v) is 15.8. The molecule has 0 saturated heterocycles. The summed E-state index contributed by atoms with van der Waals surface area (Å²) in [6.07, 6.45) is -4.07. The van der Waals surface area contributed by atoms with Crippen LogP contribution < -0.4 is 14.8 Å². The van der Waals surface area contributed by atoms with Crippen LogP contribution in [0.1, 0.15) is 17.5 Å². The van der Waals surface area contributed by atoms with Crippen molar-refractivity contribution in [1.29, 1.82) is 0 Å². The Morgan fingerprint density at radius 2 is 1.55 bits per heavy atom. The normalized spacial score (nSPS) is 10.9. The molecule has 0 unspecified atom stereocenters. The first kappa shape index (κ1) is 22.1. The molecule has 2 aromatic rings. The minimum atomic E-state index is -4.45. The number of esters is 1. The van der Waals surface area contributed by atoms with Crippen molar-refractivity contribution in [2.75, 3.05) is 26.1 Å². The van der Waals surface area contributed by atoms with E-state index < -0.39 is 30.2 Å². The first-order valence-electron chi connectivity index (χ1n) is 8.56. The number of halogens is 3. The Balaban J connectivity index is 1.79. The van der Waals surface area contributed by atoms with E-state index in [1.165, 1.54) is 14.2 Å². The molecule has 0 atom stereocenters. The van der Waals surface area contributed by atoms with Gasteiger partial charge in [-0.1, -0.05) is 0 Å². The van der Waals surface area contributed by atoms with Crippen molar-refractivity contribution in [3.8, 4) is 11.5 Å². The molecule has 0 saturated carbocycles. The Morgan fingerprint density at radius 3 is 2.07 bits per heavy atom. The maximum absolute atomic E-state index is 12.5. The monoisotopic (exact) mass is 411 g/mol. The van der Waals surface area contributed by atoms with Crippen LogP contribution in [0.25, 0.3) is 0 Å². The molecule has 0 aliphatic rings. The van der Waals surface area contributed by atoms with Crippen LogP contribution in [0.3, 0.4) is 0 Å². The average molecular weight is 411 g/mol. The number of aryl methyl sites for hydroxylation is 1. The van der Waals surface area contributed by atoms with E-state index in [2.05, 4.69) is 5.32 Å². The second kappa shape index (κ2) is 9.81. The smallest absolute Gasteiger partial charge is 0.416 e. The molecule has 0 aliphatic carbocycles. The fourth-order valence-electron chi connectivity index (χ4n) is 2.41. The lowest BCUT2D eigenvalue weighted by Crippen LogP contribution is -2.21. The number of amides is 1. The highest BCUT2D eigenvalue weighted by molar-refractivity contribution is 5.92. The van der Waals surface area contributed by atoms with Crippen LogP contribution in [0.4, 0.5) is 18.9 Å². The maximum Gasteiger partial charge on any atom is 0.416 e. The van der Waals surface area contributed by atoms with E-state index in [0.29, 0.717) is 17.9 Å². The van der Waals surface area contributed by atoms with Gasteiger partial charge in [0.2, 0.25) is 0 Å². The first-order valence-corrected chi connectivity index (χ1v) is 8.56. The van der Waals surface area contributed by atoms with Crippen molar-refractivity contribution in [3.05, 3.63) is 53.6 Å². The van der Waals surface area contributed by atoms with Crippen LogP contribution >= 0.6 is 0 Å². The minimum Gasteiger partial charge on any atom is -0.497 e. The maximum atomic E-state index is 12.5. The highest BCUT2D eigenvalue weighted by Crippen LogP contribution is 2.29. The van der Waals surface area contributed by atoms with Crippen molar-refractivity contribution in [1.82, 2.24) is 0 Å². The van der Waals surface area contributed by atoms with Gasteiger partial charge in [0.05, 0.1) is 19.8 Å². The van der Waals surface area contributed by atoms with Crippen molar-refractivity contribution in [3.63, 3.8) is 0 Å². The van der Waals surface area contributed by atoms with Crippen molar-refractivity contribution >= 4 is 17.6 Å². The van der Waals surface area contributed by atoms with Crippen molar-refractivity contribution in [2.24, 2.45) is 0 Å². The summed E-state index contributed by atoms with van der Waals surface area (Å²) in [7, 11) is 3.03. The van der Waals surface area contributed by atoms with E-state index in [4.69, 9.17) is 14.2 Å². The molecule has 6 nitrogen and oxygen atoms in total. The molecule has 2 aromatic carbocycles. The molecule has 0 spiro atoms. The molecule has 1 amide bonds. The molecule has 9 heteroatoms. The van der Waals surface area contributed by atoms with Gasteiger partial charge >= 0.3 is 12.1 Å². The van der Waals surface area contributed by atoms with E-state index >= 15 is 0 Å². The Bertz CT molecular complexity index is 828. The van der Waals surface area contributed by atoms with E-state index in [1.54, 1.807) is 18.2 Å². The zero-order chi connectivity index (χ0) is 21.4. The van der Waals surface area contributed by atoms with Gasteiger partial charge in [-0.25, -0.2) is 0 Å². The fourth-order valence-corrected chi connectivity index (χ4v) is 2.41. The third-order valence-electron chi connectivity index (χ3n) is 3.89.